The Hall–Kier alpha value is -2.83. The lowest BCUT2D eigenvalue weighted by Gasteiger charge is -2.14. The molecule has 2 rings (SSSR count). The molecule has 23 heavy (non-hydrogen) atoms. The van der Waals surface area contributed by atoms with Crippen LogP contribution in [0.2, 0.25) is 0 Å². The predicted octanol–water partition coefficient (Wildman–Crippen LogP) is 1.66. The van der Waals surface area contributed by atoms with E-state index in [2.05, 4.69) is 9.84 Å². The van der Waals surface area contributed by atoms with Crippen LogP contribution in [0.25, 0.3) is 11.3 Å². The van der Waals surface area contributed by atoms with Crippen molar-refractivity contribution in [2.75, 3.05) is 21.3 Å². The first-order chi connectivity index (χ1) is 11.0. The van der Waals surface area contributed by atoms with E-state index in [9.17, 15) is 9.59 Å². The normalized spacial score (nSPS) is 11.7. The molecule has 0 radical (unpaired) electrons. The summed E-state index contributed by atoms with van der Waals surface area (Å²) in [4.78, 5) is 23.6. The molecular formula is C16H18N2O5. The second-order valence-corrected chi connectivity index (χ2v) is 4.77. The minimum absolute atomic E-state index is 0.390. The van der Waals surface area contributed by atoms with Crippen LogP contribution in [-0.4, -0.2) is 37.1 Å². The van der Waals surface area contributed by atoms with Crippen molar-refractivity contribution in [2.24, 2.45) is 0 Å². The lowest BCUT2D eigenvalue weighted by molar-refractivity contribution is -0.144. The van der Waals surface area contributed by atoms with Crippen molar-refractivity contribution in [3.63, 3.8) is 0 Å². The van der Waals surface area contributed by atoms with E-state index in [1.165, 1.54) is 20.3 Å². The Morgan fingerprint density at radius 1 is 1.13 bits per heavy atom. The van der Waals surface area contributed by atoms with Crippen LogP contribution in [0.1, 0.15) is 13.0 Å². The summed E-state index contributed by atoms with van der Waals surface area (Å²) in [7, 11) is 4.36. The zero-order valence-electron chi connectivity index (χ0n) is 13.4. The Balaban J connectivity index is 2.53. The van der Waals surface area contributed by atoms with Crippen molar-refractivity contribution in [3.8, 4) is 22.8 Å². The number of benzene rings is 1. The maximum absolute atomic E-state index is 12.0. The summed E-state index contributed by atoms with van der Waals surface area (Å²) in [5.74, 6) is 0.646. The van der Waals surface area contributed by atoms with Gasteiger partial charge in [0.25, 0.3) is 5.56 Å². The van der Waals surface area contributed by atoms with Gasteiger partial charge in [-0.1, -0.05) is 0 Å². The topological polar surface area (TPSA) is 79.7 Å². The highest BCUT2D eigenvalue weighted by molar-refractivity contribution is 5.73. The summed E-state index contributed by atoms with van der Waals surface area (Å²) in [6, 6.07) is 7.36. The minimum Gasteiger partial charge on any atom is -0.497 e. The molecule has 1 aromatic heterocycles. The molecule has 0 aliphatic carbocycles. The molecular weight excluding hydrogens is 300 g/mol. The van der Waals surface area contributed by atoms with Gasteiger partial charge in [0.05, 0.1) is 27.0 Å². The van der Waals surface area contributed by atoms with Crippen molar-refractivity contribution in [1.29, 1.82) is 0 Å². The Kier molecular flexibility index (Phi) is 5.00. The number of nitrogens with zero attached hydrogens (tertiary/aromatic N) is 2. The molecule has 0 bridgehead atoms. The fourth-order valence-electron chi connectivity index (χ4n) is 2.13. The van der Waals surface area contributed by atoms with E-state index < -0.39 is 12.0 Å². The van der Waals surface area contributed by atoms with Crippen LogP contribution in [0.5, 0.6) is 11.5 Å². The number of carbonyl (C=O) groups excluding carboxylic acids is 1. The van der Waals surface area contributed by atoms with Gasteiger partial charge >= 0.3 is 5.97 Å². The first kappa shape index (κ1) is 16.5. The molecule has 0 aliphatic heterocycles. The smallest absolute Gasteiger partial charge is 0.330 e. The number of aromatic nitrogens is 2. The van der Waals surface area contributed by atoms with Crippen LogP contribution < -0.4 is 15.0 Å². The van der Waals surface area contributed by atoms with Gasteiger partial charge < -0.3 is 14.2 Å². The third-order valence-corrected chi connectivity index (χ3v) is 3.42. The fourth-order valence-corrected chi connectivity index (χ4v) is 2.13. The van der Waals surface area contributed by atoms with E-state index in [4.69, 9.17) is 9.47 Å². The molecule has 0 spiro atoms. The van der Waals surface area contributed by atoms with Crippen LogP contribution in [-0.2, 0) is 9.53 Å². The Morgan fingerprint density at radius 3 is 2.48 bits per heavy atom. The maximum atomic E-state index is 12.0. The molecule has 0 saturated heterocycles. The average molecular weight is 318 g/mol. The molecule has 0 saturated carbocycles. The van der Waals surface area contributed by atoms with Gasteiger partial charge in [-0.05, 0) is 25.1 Å². The van der Waals surface area contributed by atoms with Gasteiger partial charge in [0.1, 0.15) is 11.5 Å². The van der Waals surface area contributed by atoms with Crippen molar-refractivity contribution in [1.82, 2.24) is 9.78 Å². The lowest BCUT2D eigenvalue weighted by atomic mass is 10.1. The molecule has 1 aromatic carbocycles. The largest absolute Gasteiger partial charge is 0.497 e. The van der Waals surface area contributed by atoms with Crippen molar-refractivity contribution >= 4 is 5.97 Å². The Morgan fingerprint density at radius 2 is 1.87 bits per heavy atom. The van der Waals surface area contributed by atoms with E-state index in [1.54, 1.807) is 38.3 Å². The molecule has 0 unspecified atom stereocenters. The lowest BCUT2D eigenvalue weighted by Crippen LogP contribution is -2.30. The fraction of sp³-hybridized carbons (Fsp3) is 0.312. The Bertz CT molecular complexity index is 769. The summed E-state index contributed by atoms with van der Waals surface area (Å²) in [6.45, 7) is 1.55. The Labute approximate surface area is 133 Å². The van der Waals surface area contributed by atoms with Crippen LogP contribution in [0.4, 0.5) is 0 Å². The number of hydrogen-bond acceptors (Lipinski definition) is 6. The number of esters is 1. The van der Waals surface area contributed by atoms with Gasteiger partial charge in [0.2, 0.25) is 0 Å². The molecule has 0 aliphatic rings. The molecule has 7 heteroatoms. The third-order valence-electron chi connectivity index (χ3n) is 3.42. The number of ether oxygens (including phenoxy) is 3. The number of methoxy groups -OCH3 is 3. The van der Waals surface area contributed by atoms with E-state index in [1.807, 2.05) is 0 Å². The highest BCUT2D eigenvalue weighted by Crippen LogP contribution is 2.31. The SMILES string of the molecule is COC(=O)[C@@H](C)n1nc(-c2ccc(OC)cc2OC)ccc1=O. The van der Waals surface area contributed by atoms with Crippen molar-refractivity contribution in [3.05, 3.63) is 40.7 Å². The van der Waals surface area contributed by atoms with Crippen LogP contribution in [0.15, 0.2) is 35.1 Å². The van der Waals surface area contributed by atoms with Crippen molar-refractivity contribution in [2.45, 2.75) is 13.0 Å². The van der Waals surface area contributed by atoms with Crippen LogP contribution >= 0.6 is 0 Å². The summed E-state index contributed by atoms with van der Waals surface area (Å²) >= 11 is 0. The van der Waals surface area contributed by atoms with Gasteiger partial charge in [-0.3, -0.25) is 4.79 Å². The summed E-state index contributed by atoms with van der Waals surface area (Å²) in [6.07, 6.45) is 0. The summed E-state index contributed by atoms with van der Waals surface area (Å²) in [5, 5.41) is 4.26. The van der Waals surface area contributed by atoms with E-state index in [0.29, 0.717) is 22.8 Å². The first-order valence-corrected chi connectivity index (χ1v) is 6.92. The number of hydrogen-bond donors (Lipinski definition) is 0. The number of rotatable bonds is 5. The molecule has 2 aromatic rings. The average Bonchev–Trinajstić information content (AvgIpc) is 2.60. The molecule has 0 N–H and O–H groups in total. The van der Waals surface area contributed by atoms with E-state index in [-0.39, 0.29) is 5.56 Å². The molecule has 7 nitrogen and oxygen atoms in total. The highest BCUT2D eigenvalue weighted by Gasteiger charge is 2.19. The van der Waals surface area contributed by atoms with Gasteiger partial charge in [0, 0.05) is 17.7 Å². The molecule has 0 fully saturated rings. The second-order valence-electron chi connectivity index (χ2n) is 4.77. The highest BCUT2D eigenvalue weighted by atomic mass is 16.5. The van der Waals surface area contributed by atoms with E-state index in [0.717, 1.165) is 4.68 Å². The van der Waals surface area contributed by atoms with Gasteiger partial charge in [0.15, 0.2) is 6.04 Å². The molecule has 1 atom stereocenters. The first-order valence-electron chi connectivity index (χ1n) is 6.92. The second kappa shape index (κ2) is 6.95. The summed E-state index contributed by atoms with van der Waals surface area (Å²) < 4.78 is 16.3. The third kappa shape index (κ3) is 3.33. The predicted molar refractivity (Wildman–Crippen MR) is 83.8 cm³/mol. The summed E-state index contributed by atoms with van der Waals surface area (Å²) in [5.41, 5.74) is 0.790. The molecule has 0 amide bonds. The van der Waals surface area contributed by atoms with E-state index >= 15 is 0 Å². The monoisotopic (exact) mass is 318 g/mol. The van der Waals surface area contributed by atoms with Crippen LogP contribution in [0.3, 0.4) is 0 Å². The van der Waals surface area contributed by atoms with Gasteiger partial charge in [-0.15, -0.1) is 0 Å². The van der Waals surface area contributed by atoms with Gasteiger partial charge in [-0.25, -0.2) is 9.48 Å². The quantitative estimate of drug-likeness (QED) is 0.780. The zero-order chi connectivity index (χ0) is 17.0. The standard InChI is InChI=1S/C16H18N2O5/c1-10(16(20)23-4)18-15(19)8-7-13(17-18)12-6-5-11(21-2)9-14(12)22-3/h5-10H,1-4H3/t10-/m1/s1. The van der Waals surface area contributed by atoms with Crippen molar-refractivity contribution < 1.29 is 19.0 Å². The maximum Gasteiger partial charge on any atom is 0.330 e. The van der Waals surface area contributed by atoms with Crippen LogP contribution in [0, 0.1) is 0 Å². The molecule has 1 heterocycles. The molecule has 122 valence electrons. The number of carbonyl (C=O) groups is 1. The zero-order valence-corrected chi connectivity index (χ0v) is 13.4. The minimum atomic E-state index is -0.823. The van der Waals surface area contributed by atoms with Gasteiger partial charge in [-0.2, -0.15) is 5.10 Å².